The Morgan fingerprint density at radius 1 is 0.833 bits per heavy atom. The van der Waals surface area contributed by atoms with Crippen molar-refractivity contribution in [3.63, 3.8) is 0 Å². The van der Waals surface area contributed by atoms with Crippen LogP contribution in [0.25, 0.3) is 16.9 Å². The van der Waals surface area contributed by atoms with Crippen molar-refractivity contribution in [1.82, 2.24) is 15.1 Å². The van der Waals surface area contributed by atoms with E-state index in [0.29, 0.717) is 5.69 Å². The second-order valence-corrected chi connectivity index (χ2v) is 8.05. The van der Waals surface area contributed by atoms with Gasteiger partial charge in [-0.25, -0.2) is 4.68 Å². The first kappa shape index (κ1) is 18.4. The Labute approximate surface area is 176 Å². The van der Waals surface area contributed by atoms with Crippen molar-refractivity contribution in [2.45, 2.75) is 26.8 Å². The molecule has 0 radical (unpaired) electrons. The van der Waals surface area contributed by atoms with Gasteiger partial charge in [0.25, 0.3) is 5.91 Å². The van der Waals surface area contributed by atoms with Crippen molar-refractivity contribution in [1.29, 1.82) is 0 Å². The lowest BCUT2D eigenvalue weighted by Crippen LogP contribution is -2.22. The van der Waals surface area contributed by atoms with Crippen LogP contribution in [0.4, 0.5) is 0 Å². The average molecular weight is 393 g/mol. The van der Waals surface area contributed by atoms with Crippen molar-refractivity contribution >= 4 is 5.91 Å². The van der Waals surface area contributed by atoms with Crippen LogP contribution >= 0.6 is 0 Å². The van der Waals surface area contributed by atoms with Crippen molar-refractivity contribution in [3.05, 3.63) is 106 Å². The van der Waals surface area contributed by atoms with Crippen LogP contribution in [0.1, 0.15) is 44.3 Å². The Kier molecular flexibility index (Phi) is 4.28. The zero-order chi connectivity index (χ0) is 20.8. The van der Waals surface area contributed by atoms with Crippen LogP contribution in [0, 0.1) is 20.8 Å². The molecule has 4 nitrogen and oxygen atoms in total. The van der Waals surface area contributed by atoms with E-state index in [1.807, 2.05) is 22.9 Å². The fourth-order valence-corrected chi connectivity index (χ4v) is 4.29. The summed E-state index contributed by atoms with van der Waals surface area (Å²) in [6.07, 6.45) is 0. The molecule has 1 aliphatic rings. The van der Waals surface area contributed by atoms with Gasteiger partial charge in [-0.15, -0.1) is 0 Å². The molecule has 1 aliphatic heterocycles. The van der Waals surface area contributed by atoms with Gasteiger partial charge in [0.15, 0.2) is 5.69 Å². The number of benzene rings is 3. The number of hydrogen-bond donors (Lipinski definition) is 1. The average Bonchev–Trinajstić information content (AvgIpc) is 3.27. The highest BCUT2D eigenvalue weighted by Gasteiger charge is 2.37. The van der Waals surface area contributed by atoms with Crippen LogP contribution in [0.5, 0.6) is 0 Å². The predicted molar refractivity (Wildman–Crippen MR) is 119 cm³/mol. The molecule has 0 aliphatic carbocycles. The summed E-state index contributed by atoms with van der Waals surface area (Å²) in [5, 5.41) is 7.93. The first-order valence-corrected chi connectivity index (χ1v) is 10.2. The standard InChI is InChI=1S/C26H23N3O/c1-16-9-11-19(12-10-16)23-22-24(26(30)27-23)28-29(21-14-17(2)13-18(3)15-21)25(22)20-7-5-4-6-8-20/h4-15,23H,1-3H3,(H,27,30). The van der Waals surface area contributed by atoms with Crippen LogP contribution in [-0.2, 0) is 0 Å². The van der Waals surface area contributed by atoms with Crippen LogP contribution < -0.4 is 5.32 Å². The molecule has 0 saturated heterocycles. The predicted octanol–water partition coefficient (Wildman–Crippen LogP) is 5.30. The van der Waals surface area contributed by atoms with Crippen molar-refractivity contribution in [2.75, 3.05) is 0 Å². The Balaban J connectivity index is 1.78. The number of nitrogens with zero attached hydrogens (tertiary/aromatic N) is 2. The fraction of sp³-hybridized carbons (Fsp3) is 0.154. The number of nitrogens with one attached hydrogen (secondary N) is 1. The van der Waals surface area contributed by atoms with Gasteiger partial charge < -0.3 is 5.32 Å². The number of fused-ring (bicyclic) bond motifs is 1. The summed E-state index contributed by atoms with van der Waals surface area (Å²) in [7, 11) is 0. The van der Waals surface area contributed by atoms with E-state index in [4.69, 9.17) is 5.10 Å². The third kappa shape index (κ3) is 3.01. The minimum absolute atomic E-state index is 0.129. The topological polar surface area (TPSA) is 46.9 Å². The van der Waals surface area contributed by atoms with E-state index in [2.05, 4.69) is 80.7 Å². The Morgan fingerprint density at radius 3 is 2.17 bits per heavy atom. The molecule has 1 atom stereocenters. The molecule has 1 aromatic heterocycles. The minimum atomic E-state index is -0.219. The molecule has 2 heterocycles. The van der Waals surface area contributed by atoms with E-state index in [-0.39, 0.29) is 11.9 Å². The monoisotopic (exact) mass is 393 g/mol. The normalized spacial score (nSPS) is 15.2. The molecule has 5 rings (SSSR count). The van der Waals surface area contributed by atoms with E-state index in [1.165, 1.54) is 16.7 Å². The zero-order valence-electron chi connectivity index (χ0n) is 17.3. The van der Waals surface area contributed by atoms with Gasteiger partial charge in [0.1, 0.15) is 0 Å². The molecule has 0 saturated carbocycles. The Morgan fingerprint density at radius 2 is 1.50 bits per heavy atom. The first-order chi connectivity index (χ1) is 14.5. The summed E-state index contributed by atoms with van der Waals surface area (Å²) in [5.41, 5.74) is 8.99. The molecule has 0 bridgehead atoms. The molecule has 0 fully saturated rings. The summed E-state index contributed by atoms with van der Waals surface area (Å²) in [6.45, 7) is 6.23. The number of carbonyl (C=O) groups is 1. The number of aromatic nitrogens is 2. The second-order valence-electron chi connectivity index (χ2n) is 8.05. The fourth-order valence-electron chi connectivity index (χ4n) is 4.29. The molecule has 1 amide bonds. The van der Waals surface area contributed by atoms with Gasteiger partial charge in [-0.3, -0.25) is 4.79 Å². The van der Waals surface area contributed by atoms with Gasteiger partial charge in [-0.2, -0.15) is 5.10 Å². The Hall–Kier alpha value is -3.66. The molecule has 4 aromatic rings. The van der Waals surface area contributed by atoms with Crippen LogP contribution in [0.3, 0.4) is 0 Å². The summed E-state index contributed by atoms with van der Waals surface area (Å²) < 4.78 is 1.93. The largest absolute Gasteiger partial charge is 0.340 e. The van der Waals surface area contributed by atoms with Gasteiger partial charge in [-0.05, 0) is 49.6 Å². The maximum Gasteiger partial charge on any atom is 0.272 e. The lowest BCUT2D eigenvalue weighted by molar-refractivity contribution is 0.0955. The van der Waals surface area contributed by atoms with Crippen molar-refractivity contribution in [3.8, 4) is 16.9 Å². The van der Waals surface area contributed by atoms with E-state index in [1.54, 1.807) is 0 Å². The summed E-state index contributed by atoms with van der Waals surface area (Å²) in [5.74, 6) is -0.129. The minimum Gasteiger partial charge on any atom is -0.340 e. The molecule has 30 heavy (non-hydrogen) atoms. The first-order valence-electron chi connectivity index (χ1n) is 10.2. The van der Waals surface area contributed by atoms with Crippen LogP contribution in [-0.4, -0.2) is 15.7 Å². The molecular formula is C26H23N3O. The molecule has 0 spiro atoms. The van der Waals surface area contributed by atoms with Gasteiger partial charge in [-0.1, -0.05) is 66.2 Å². The molecule has 4 heteroatoms. The third-order valence-corrected chi connectivity index (χ3v) is 5.61. The molecular weight excluding hydrogens is 370 g/mol. The number of amides is 1. The number of rotatable bonds is 3. The highest BCUT2D eigenvalue weighted by atomic mass is 16.2. The van der Waals surface area contributed by atoms with Crippen molar-refractivity contribution < 1.29 is 4.79 Å². The lowest BCUT2D eigenvalue weighted by atomic mass is 9.96. The lowest BCUT2D eigenvalue weighted by Gasteiger charge is -2.17. The van der Waals surface area contributed by atoms with Gasteiger partial charge in [0.2, 0.25) is 0 Å². The van der Waals surface area contributed by atoms with E-state index < -0.39 is 0 Å². The van der Waals surface area contributed by atoms with Crippen LogP contribution in [0.2, 0.25) is 0 Å². The summed E-state index contributed by atoms with van der Waals surface area (Å²) in [6, 6.07) is 24.7. The number of hydrogen-bond acceptors (Lipinski definition) is 2. The highest BCUT2D eigenvalue weighted by Crippen LogP contribution is 2.39. The molecule has 1 unspecified atom stereocenters. The molecule has 148 valence electrons. The van der Waals surface area contributed by atoms with Crippen molar-refractivity contribution in [2.24, 2.45) is 0 Å². The molecule has 3 aromatic carbocycles. The third-order valence-electron chi connectivity index (χ3n) is 5.61. The Bertz CT molecular complexity index is 1230. The summed E-state index contributed by atoms with van der Waals surface area (Å²) in [4.78, 5) is 12.9. The second kappa shape index (κ2) is 6.99. The highest BCUT2D eigenvalue weighted by molar-refractivity contribution is 6.00. The maximum absolute atomic E-state index is 12.9. The summed E-state index contributed by atoms with van der Waals surface area (Å²) >= 11 is 0. The van der Waals surface area contributed by atoms with Gasteiger partial charge in [0.05, 0.1) is 17.4 Å². The maximum atomic E-state index is 12.9. The zero-order valence-corrected chi connectivity index (χ0v) is 17.3. The quantitative estimate of drug-likeness (QED) is 0.514. The van der Waals surface area contributed by atoms with E-state index in [9.17, 15) is 4.79 Å². The number of aryl methyl sites for hydroxylation is 3. The van der Waals surface area contributed by atoms with Gasteiger partial charge in [0, 0.05) is 11.1 Å². The van der Waals surface area contributed by atoms with Crippen LogP contribution in [0.15, 0.2) is 72.8 Å². The molecule has 1 N–H and O–H groups in total. The van der Waals surface area contributed by atoms with Gasteiger partial charge >= 0.3 is 0 Å². The SMILES string of the molecule is Cc1ccc(C2NC(=O)c3nn(-c4cc(C)cc(C)c4)c(-c4ccccc4)c32)cc1. The van der Waals surface area contributed by atoms with E-state index >= 15 is 0 Å². The number of carbonyl (C=O) groups excluding carboxylic acids is 1. The smallest absolute Gasteiger partial charge is 0.272 e. The van der Waals surface area contributed by atoms with E-state index in [0.717, 1.165) is 28.1 Å².